The van der Waals surface area contributed by atoms with Gasteiger partial charge in [0.25, 0.3) is 0 Å². The van der Waals surface area contributed by atoms with E-state index in [1.165, 1.54) is 122 Å². The van der Waals surface area contributed by atoms with Crippen LogP contribution in [0.1, 0.15) is 201 Å². The second-order valence-electron chi connectivity index (χ2n) is 14.5. The van der Waals surface area contributed by atoms with Gasteiger partial charge in [0.2, 0.25) is 5.91 Å². The average Bonchev–Trinajstić information content (AvgIpc) is 3.04. The first-order chi connectivity index (χ1) is 22.3. The number of hydrogen-bond acceptors (Lipinski definition) is 5. The Morgan fingerprint density at radius 2 is 0.957 bits per heavy atom. The highest BCUT2D eigenvalue weighted by atomic mass is 16.3. The molecule has 0 bridgehead atoms. The maximum Gasteiger partial charge on any atom is 0.249 e. The molecule has 0 saturated heterocycles. The number of hydrogen-bond donors (Lipinski definition) is 5. The van der Waals surface area contributed by atoms with Crippen LogP contribution in [0.3, 0.4) is 0 Å². The van der Waals surface area contributed by atoms with Crippen molar-refractivity contribution >= 4 is 5.91 Å². The summed E-state index contributed by atoms with van der Waals surface area (Å²) in [5, 5.41) is 43.5. The highest BCUT2D eigenvalue weighted by Crippen LogP contribution is 2.16. The molecule has 0 fully saturated rings. The molecule has 1 amide bonds. The van der Waals surface area contributed by atoms with Crippen LogP contribution < -0.4 is 5.32 Å². The number of nitrogens with one attached hydrogen (secondary N) is 1. The number of unbranched alkanes of at least 4 members (excludes halogenated alkanes) is 22. The smallest absolute Gasteiger partial charge is 0.249 e. The number of allylic oxidation sites excluding steroid dienone is 2. The predicted molar refractivity (Wildman–Crippen MR) is 196 cm³/mol. The largest absolute Gasteiger partial charge is 0.394 e. The van der Waals surface area contributed by atoms with Gasteiger partial charge in [-0.05, 0) is 44.4 Å². The number of rotatable bonds is 35. The molecule has 274 valence electrons. The van der Waals surface area contributed by atoms with E-state index in [0.717, 1.165) is 50.9 Å². The fourth-order valence-electron chi connectivity index (χ4n) is 6.17. The maximum absolute atomic E-state index is 12.4. The Labute approximate surface area is 285 Å². The molecule has 6 nitrogen and oxygen atoms in total. The first-order valence-electron chi connectivity index (χ1n) is 19.9. The van der Waals surface area contributed by atoms with E-state index in [1.54, 1.807) is 0 Å². The third-order valence-corrected chi connectivity index (χ3v) is 9.40. The van der Waals surface area contributed by atoms with E-state index < -0.39 is 36.9 Å². The number of carbonyl (C=O) groups is 1. The molecular weight excluding hydrogens is 574 g/mol. The van der Waals surface area contributed by atoms with Crippen molar-refractivity contribution < 1.29 is 25.2 Å². The van der Waals surface area contributed by atoms with Crippen LogP contribution in [0.15, 0.2) is 12.2 Å². The van der Waals surface area contributed by atoms with Gasteiger partial charge in [-0.3, -0.25) is 4.79 Å². The number of carbonyl (C=O) groups excluding carboxylic acids is 1. The van der Waals surface area contributed by atoms with Gasteiger partial charge in [0, 0.05) is 0 Å². The number of aliphatic hydroxyl groups is 4. The molecular formula is C40H79NO5. The monoisotopic (exact) mass is 654 g/mol. The Hall–Kier alpha value is -0.950. The summed E-state index contributed by atoms with van der Waals surface area (Å²) in [6.07, 6.45) is 33.8. The third-order valence-electron chi connectivity index (χ3n) is 9.40. The lowest BCUT2D eigenvalue weighted by atomic mass is 9.99. The molecule has 0 aromatic rings. The van der Waals surface area contributed by atoms with Crippen molar-refractivity contribution in [3.63, 3.8) is 0 Å². The molecule has 0 saturated carbocycles. The van der Waals surface area contributed by atoms with E-state index in [0.29, 0.717) is 12.8 Å². The molecule has 0 spiro atoms. The SMILES string of the molecule is CCCCCCCCCCCCCCC[C@@H](O)C(=O)N[C@@H](CO)[C@H](O)[C@H](O)CCCC/C=C\CCCCCCCCCCC(C)C. The van der Waals surface area contributed by atoms with Gasteiger partial charge in [0.05, 0.1) is 18.8 Å². The lowest BCUT2D eigenvalue weighted by Crippen LogP contribution is -2.53. The summed E-state index contributed by atoms with van der Waals surface area (Å²) >= 11 is 0. The zero-order chi connectivity index (χ0) is 34.1. The van der Waals surface area contributed by atoms with E-state index in [-0.39, 0.29) is 0 Å². The van der Waals surface area contributed by atoms with Crippen molar-refractivity contribution in [3.05, 3.63) is 12.2 Å². The minimum Gasteiger partial charge on any atom is -0.394 e. The Kier molecular flexibility index (Phi) is 33.2. The fourth-order valence-corrected chi connectivity index (χ4v) is 6.17. The van der Waals surface area contributed by atoms with Gasteiger partial charge in [-0.2, -0.15) is 0 Å². The van der Waals surface area contributed by atoms with Crippen molar-refractivity contribution in [2.45, 2.75) is 225 Å². The van der Waals surface area contributed by atoms with Gasteiger partial charge in [0.15, 0.2) is 0 Å². The van der Waals surface area contributed by atoms with Crippen molar-refractivity contribution in [2.24, 2.45) is 5.92 Å². The summed E-state index contributed by atoms with van der Waals surface area (Å²) in [4.78, 5) is 12.4. The Balaban J connectivity index is 3.81. The van der Waals surface area contributed by atoms with Gasteiger partial charge in [-0.1, -0.05) is 174 Å². The fraction of sp³-hybridized carbons (Fsp3) is 0.925. The highest BCUT2D eigenvalue weighted by Gasteiger charge is 2.28. The molecule has 0 aliphatic rings. The van der Waals surface area contributed by atoms with Crippen molar-refractivity contribution in [3.8, 4) is 0 Å². The van der Waals surface area contributed by atoms with Gasteiger partial charge in [-0.15, -0.1) is 0 Å². The first kappa shape index (κ1) is 45.0. The lowest BCUT2D eigenvalue weighted by Gasteiger charge is -2.27. The molecule has 0 radical (unpaired) electrons. The lowest BCUT2D eigenvalue weighted by molar-refractivity contribution is -0.132. The van der Waals surface area contributed by atoms with E-state index >= 15 is 0 Å². The molecule has 0 aromatic heterocycles. The van der Waals surface area contributed by atoms with E-state index in [4.69, 9.17) is 0 Å². The van der Waals surface area contributed by atoms with Gasteiger partial charge in [-0.25, -0.2) is 0 Å². The standard InChI is InChI=1S/C40H79NO5/c1-4-5-6-7-8-9-10-13-18-21-24-27-30-33-38(44)40(46)41-36(34-42)39(45)37(43)32-29-26-23-20-17-15-12-11-14-16-19-22-25-28-31-35(2)3/h17,20,35-39,42-45H,4-16,18-19,21-34H2,1-3H3,(H,41,46)/b20-17-/t36-,37+,38+,39-/m0/s1. The van der Waals surface area contributed by atoms with E-state index in [9.17, 15) is 25.2 Å². The third kappa shape index (κ3) is 29.2. The summed E-state index contributed by atoms with van der Waals surface area (Å²) in [5.74, 6) is 0.245. The van der Waals surface area contributed by atoms with Crippen LogP contribution >= 0.6 is 0 Å². The second kappa shape index (κ2) is 33.9. The summed E-state index contributed by atoms with van der Waals surface area (Å²) in [6.45, 7) is 6.37. The quantitative estimate of drug-likeness (QED) is 0.0346. The summed E-state index contributed by atoms with van der Waals surface area (Å²) in [6, 6.07) is -0.992. The van der Waals surface area contributed by atoms with E-state index in [2.05, 4.69) is 38.2 Å². The summed E-state index contributed by atoms with van der Waals surface area (Å²) in [7, 11) is 0. The van der Waals surface area contributed by atoms with Crippen LogP contribution in [-0.4, -0.2) is 57.3 Å². The van der Waals surface area contributed by atoms with Crippen molar-refractivity contribution in [1.29, 1.82) is 0 Å². The highest BCUT2D eigenvalue weighted by molar-refractivity contribution is 5.80. The van der Waals surface area contributed by atoms with Gasteiger partial charge < -0.3 is 25.7 Å². The van der Waals surface area contributed by atoms with Crippen molar-refractivity contribution in [1.82, 2.24) is 5.32 Å². The van der Waals surface area contributed by atoms with Gasteiger partial charge >= 0.3 is 0 Å². The molecule has 0 aliphatic carbocycles. The van der Waals surface area contributed by atoms with Crippen LogP contribution in [0.4, 0.5) is 0 Å². The average molecular weight is 654 g/mol. The molecule has 0 aromatic carbocycles. The number of aliphatic hydroxyl groups excluding tert-OH is 4. The van der Waals surface area contributed by atoms with Crippen LogP contribution in [0, 0.1) is 5.92 Å². The minimum atomic E-state index is -1.27. The predicted octanol–water partition coefficient (Wildman–Crippen LogP) is 9.70. The molecule has 0 rings (SSSR count). The second-order valence-corrected chi connectivity index (χ2v) is 14.5. The molecule has 46 heavy (non-hydrogen) atoms. The van der Waals surface area contributed by atoms with Crippen LogP contribution in [0.5, 0.6) is 0 Å². The summed E-state index contributed by atoms with van der Waals surface area (Å²) < 4.78 is 0. The molecule has 6 heteroatoms. The summed E-state index contributed by atoms with van der Waals surface area (Å²) in [5.41, 5.74) is 0. The maximum atomic E-state index is 12.4. The molecule has 0 unspecified atom stereocenters. The number of amides is 1. The van der Waals surface area contributed by atoms with Crippen LogP contribution in [0.25, 0.3) is 0 Å². The van der Waals surface area contributed by atoms with Crippen molar-refractivity contribution in [2.75, 3.05) is 6.61 Å². The van der Waals surface area contributed by atoms with Crippen LogP contribution in [0.2, 0.25) is 0 Å². The van der Waals surface area contributed by atoms with Crippen LogP contribution in [-0.2, 0) is 4.79 Å². The topological polar surface area (TPSA) is 110 Å². The zero-order valence-electron chi connectivity index (χ0n) is 30.7. The van der Waals surface area contributed by atoms with E-state index in [1.807, 2.05) is 0 Å². The first-order valence-corrected chi connectivity index (χ1v) is 19.9. The van der Waals surface area contributed by atoms with Gasteiger partial charge in [0.1, 0.15) is 12.2 Å². The normalized spacial score (nSPS) is 14.6. The Morgan fingerprint density at radius 1 is 0.565 bits per heavy atom. The molecule has 5 N–H and O–H groups in total. The molecule has 0 heterocycles. The Morgan fingerprint density at radius 3 is 1.41 bits per heavy atom. The minimum absolute atomic E-state index is 0.368. The zero-order valence-corrected chi connectivity index (χ0v) is 30.7. The molecule has 0 aliphatic heterocycles. The Bertz CT molecular complexity index is 670. The molecule has 4 atom stereocenters.